The predicted molar refractivity (Wildman–Crippen MR) is 82.4 cm³/mol. The van der Waals surface area contributed by atoms with Crippen LogP contribution >= 0.6 is 0 Å². The van der Waals surface area contributed by atoms with Crippen molar-refractivity contribution in [2.75, 3.05) is 46.7 Å². The molecule has 0 aliphatic heterocycles. The van der Waals surface area contributed by atoms with Crippen molar-refractivity contribution < 1.29 is 17.9 Å². The van der Waals surface area contributed by atoms with Gasteiger partial charge in [0.2, 0.25) is 15.9 Å². The number of rotatable bonds is 8. The highest BCUT2D eigenvalue weighted by Gasteiger charge is 2.32. The highest BCUT2D eigenvalue weighted by atomic mass is 32.2. The van der Waals surface area contributed by atoms with Gasteiger partial charge in [-0.2, -0.15) is 4.31 Å². The van der Waals surface area contributed by atoms with E-state index in [1.54, 1.807) is 14.1 Å². The molecule has 6 nitrogen and oxygen atoms in total. The van der Waals surface area contributed by atoms with E-state index in [1.807, 2.05) is 0 Å². The molecule has 0 N–H and O–H groups in total. The molecule has 1 fully saturated rings. The fourth-order valence-electron chi connectivity index (χ4n) is 2.65. The van der Waals surface area contributed by atoms with Crippen LogP contribution in [0.5, 0.6) is 0 Å². The van der Waals surface area contributed by atoms with Gasteiger partial charge in [-0.25, -0.2) is 8.42 Å². The van der Waals surface area contributed by atoms with Crippen molar-refractivity contribution in [3.8, 4) is 0 Å². The first-order valence-electron chi connectivity index (χ1n) is 7.45. The number of ether oxygens (including phenoxy) is 1. The first kappa shape index (κ1) is 18.4. The molecule has 7 heteroatoms. The minimum absolute atomic E-state index is 0.111. The van der Waals surface area contributed by atoms with Crippen LogP contribution in [0.25, 0.3) is 0 Å². The molecule has 0 unspecified atom stereocenters. The van der Waals surface area contributed by atoms with Crippen molar-refractivity contribution in [3.05, 3.63) is 0 Å². The molecule has 0 heterocycles. The normalized spacial score (nSPS) is 22.7. The van der Waals surface area contributed by atoms with Gasteiger partial charge in [0.05, 0.1) is 18.9 Å². The van der Waals surface area contributed by atoms with Crippen LogP contribution in [0.1, 0.15) is 26.2 Å². The number of sulfonamides is 1. The summed E-state index contributed by atoms with van der Waals surface area (Å²) in [7, 11) is 1.35. The van der Waals surface area contributed by atoms with Crippen LogP contribution in [0.4, 0.5) is 0 Å². The Labute approximate surface area is 128 Å². The lowest BCUT2D eigenvalue weighted by atomic mass is 10.0. The first-order valence-corrected chi connectivity index (χ1v) is 9.05. The van der Waals surface area contributed by atoms with Crippen molar-refractivity contribution in [1.29, 1.82) is 0 Å². The lowest BCUT2D eigenvalue weighted by Crippen LogP contribution is -2.44. The zero-order valence-corrected chi connectivity index (χ0v) is 14.4. The van der Waals surface area contributed by atoms with E-state index >= 15 is 0 Å². The van der Waals surface area contributed by atoms with Crippen LogP contribution in [0.15, 0.2) is 0 Å². The molecule has 2 atom stereocenters. The maximum atomic E-state index is 12.6. The second-order valence-corrected chi connectivity index (χ2v) is 8.07. The van der Waals surface area contributed by atoms with E-state index in [9.17, 15) is 13.2 Å². The summed E-state index contributed by atoms with van der Waals surface area (Å²) in [5.41, 5.74) is 0. The molecule has 21 heavy (non-hydrogen) atoms. The number of likely N-dealkylation sites (N-methyl/N-ethyl adjacent to an activating group) is 1. The molecular formula is C14H28N2O4S. The summed E-state index contributed by atoms with van der Waals surface area (Å²) in [6, 6.07) is 0. The molecule has 0 bridgehead atoms. The van der Waals surface area contributed by atoms with E-state index in [-0.39, 0.29) is 30.7 Å². The van der Waals surface area contributed by atoms with Crippen LogP contribution < -0.4 is 0 Å². The molecule has 1 amide bonds. The van der Waals surface area contributed by atoms with Crippen LogP contribution in [0, 0.1) is 11.8 Å². The highest BCUT2D eigenvalue weighted by molar-refractivity contribution is 7.89. The van der Waals surface area contributed by atoms with Crippen molar-refractivity contribution in [1.82, 2.24) is 9.21 Å². The number of hydrogen-bond donors (Lipinski definition) is 0. The molecule has 0 saturated heterocycles. The van der Waals surface area contributed by atoms with E-state index in [1.165, 1.54) is 16.3 Å². The Kier molecular flexibility index (Phi) is 7.09. The molecule has 0 aromatic heterocycles. The fraction of sp³-hybridized carbons (Fsp3) is 0.929. The third-order valence-electron chi connectivity index (χ3n) is 4.21. The van der Waals surface area contributed by atoms with E-state index in [2.05, 4.69) is 6.92 Å². The number of nitrogens with zero attached hydrogens (tertiary/aromatic N) is 2. The quantitative estimate of drug-likeness (QED) is 0.663. The Balaban J connectivity index is 2.76. The molecule has 0 spiro atoms. The molecule has 1 aliphatic rings. The largest absolute Gasteiger partial charge is 0.383 e. The molecule has 1 saturated carbocycles. The first-order chi connectivity index (χ1) is 9.77. The van der Waals surface area contributed by atoms with Gasteiger partial charge in [0.1, 0.15) is 0 Å². The van der Waals surface area contributed by atoms with Gasteiger partial charge in [0, 0.05) is 27.7 Å². The number of methoxy groups -OCH3 is 1. The number of carbonyl (C=O) groups is 1. The van der Waals surface area contributed by atoms with E-state index in [0.29, 0.717) is 12.5 Å². The maximum absolute atomic E-state index is 12.6. The summed E-state index contributed by atoms with van der Waals surface area (Å²) in [5, 5.41) is 0. The molecular weight excluding hydrogens is 292 g/mol. The van der Waals surface area contributed by atoms with Crippen LogP contribution in [-0.4, -0.2) is 70.2 Å². The summed E-state index contributed by atoms with van der Waals surface area (Å²) < 4.78 is 31.4. The zero-order chi connectivity index (χ0) is 16.0. The smallest absolute Gasteiger partial charge is 0.237 e. The van der Waals surface area contributed by atoms with Gasteiger partial charge >= 0.3 is 0 Å². The number of hydrogen-bond acceptors (Lipinski definition) is 4. The minimum Gasteiger partial charge on any atom is -0.383 e. The minimum atomic E-state index is -3.43. The molecule has 0 aromatic rings. The summed E-state index contributed by atoms with van der Waals surface area (Å²) >= 11 is 0. The Morgan fingerprint density at radius 3 is 2.43 bits per heavy atom. The SMILES string of the molecule is COCCN(CC(=O)N(C)C)S(=O)(=O)C[C@H]1CCC[C@@H]1C. The highest BCUT2D eigenvalue weighted by Crippen LogP contribution is 2.32. The van der Waals surface area contributed by atoms with Gasteiger partial charge in [-0.15, -0.1) is 0 Å². The third-order valence-corrected chi connectivity index (χ3v) is 6.16. The van der Waals surface area contributed by atoms with Gasteiger partial charge in [-0.1, -0.05) is 19.8 Å². The standard InChI is InChI=1S/C14H28N2O4S/c1-12-6-5-7-13(12)11-21(18,19)16(8-9-20-4)10-14(17)15(2)3/h12-13H,5-11H2,1-4H3/t12-,13+/m0/s1. The van der Waals surface area contributed by atoms with E-state index in [4.69, 9.17) is 4.74 Å². The molecule has 1 rings (SSSR count). The van der Waals surface area contributed by atoms with E-state index in [0.717, 1.165) is 19.3 Å². The van der Waals surface area contributed by atoms with Gasteiger partial charge in [0.25, 0.3) is 0 Å². The molecule has 124 valence electrons. The molecule has 0 radical (unpaired) electrons. The van der Waals surface area contributed by atoms with Crippen molar-refractivity contribution in [2.24, 2.45) is 11.8 Å². The third kappa shape index (κ3) is 5.56. The average molecular weight is 320 g/mol. The maximum Gasteiger partial charge on any atom is 0.237 e. The Morgan fingerprint density at radius 1 is 1.29 bits per heavy atom. The van der Waals surface area contributed by atoms with Crippen molar-refractivity contribution in [2.45, 2.75) is 26.2 Å². The zero-order valence-electron chi connectivity index (χ0n) is 13.5. The van der Waals surface area contributed by atoms with Crippen LogP contribution in [0.3, 0.4) is 0 Å². The predicted octanol–water partition coefficient (Wildman–Crippen LogP) is 0.789. The topological polar surface area (TPSA) is 66.9 Å². The Hall–Kier alpha value is -0.660. The van der Waals surface area contributed by atoms with Crippen LogP contribution in [-0.2, 0) is 19.6 Å². The summed E-state index contributed by atoms with van der Waals surface area (Å²) in [6.45, 7) is 2.51. The Morgan fingerprint density at radius 2 is 1.95 bits per heavy atom. The monoisotopic (exact) mass is 320 g/mol. The van der Waals surface area contributed by atoms with E-state index < -0.39 is 10.0 Å². The van der Waals surface area contributed by atoms with Gasteiger partial charge < -0.3 is 9.64 Å². The second-order valence-electron chi connectivity index (χ2n) is 6.06. The summed E-state index contributed by atoms with van der Waals surface area (Å²) in [5.74, 6) is 0.566. The Bertz CT molecular complexity index is 436. The summed E-state index contributed by atoms with van der Waals surface area (Å²) in [6.07, 6.45) is 3.14. The van der Waals surface area contributed by atoms with Crippen LogP contribution in [0.2, 0.25) is 0 Å². The molecule has 0 aromatic carbocycles. The van der Waals surface area contributed by atoms with Crippen molar-refractivity contribution >= 4 is 15.9 Å². The second kappa shape index (κ2) is 8.10. The van der Waals surface area contributed by atoms with Gasteiger partial charge in [-0.05, 0) is 18.3 Å². The number of amides is 1. The average Bonchev–Trinajstić information content (AvgIpc) is 2.78. The lowest BCUT2D eigenvalue weighted by molar-refractivity contribution is -0.128. The molecule has 1 aliphatic carbocycles. The number of carbonyl (C=O) groups excluding carboxylic acids is 1. The fourth-order valence-corrected chi connectivity index (χ4v) is 4.55. The van der Waals surface area contributed by atoms with Gasteiger partial charge in [0.15, 0.2) is 0 Å². The van der Waals surface area contributed by atoms with Crippen molar-refractivity contribution in [3.63, 3.8) is 0 Å². The van der Waals surface area contributed by atoms with Gasteiger partial charge in [-0.3, -0.25) is 4.79 Å². The summed E-state index contributed by atoms with van der Waals surface area (Å²) in [4.78, 5) is 13.3. The lowest BCUT2D eigenvalue weighted by Gasteiger charge is -2.25.